The number of hydrogen-bond donors (Lipinski definition) is 1. The zero-order valence-corrected chi connectivity index (χ0v) is 12.5. The summed E-state index contributed by atoms with van der Waals surface area (Å²) in [4.78, 5) is 10.8. The molecule has 1 fully saturated rings. The first-order chi connectivity index (χ1) is 9.66. The van der Waals surface area contributed by atoms with Crippen LogP contribution in [0.1, 0.15) is 46.0 Å². The molecule has 1 saturated carbocycles. The van der Waals surface area contributed by atoms with Crippen LogP contribution < -0.4 is 0 Å². The lowest BCUT2D eigenvalue weighted by molar-refractivity contribution is -0.105. The van der Waals surface area contributed by atoms with Crippen molar-refractivity contribution in [2.24, 2.45) is 17.8 Å². The molecule has 20 heavy (non-hydrogen) atoms. The summed E-state index contributed by atoms with van der Waals surface area (Å²) in [5.74, 6) is 1.74. The third-order valence-electron chi connectivity index (χ3n) is 4.67. The molecule has 1 aliphatic carbocycles. The van der Waals surface area contributed by atoms with E-state index >= 15 is 0 Å². The fourth-order valence-electron chi connectivity index (χ4n) is 3.75. The van der Waals surface area contributed by atoms with E-state index < -0.39 is 0 Å². The van der Waals surface area contributed by atoms with Gasteiger partial charge in [0.25, 0.3) is 0 Å². The summed E-state index contributed by atoms with van der Waals surface area (Å²) >= 11 is 0. The topological polar surface area (TPSA) is 46.5 Å². The molecule has 0 radical (unpaired) electrons. The highest BCUT2D eigenvalue weighted by Gasteiger charge is 2.30. The van der Waals surface area contributed by atoms with Gasteiger partial charge in [-0.25, -0.2) is 0 Å². The normalized spacial score (nSPS) is 36.4. The molecule has 0 aromatic carbocycles. The summed E-state index contributed by atoms with van der Waals surface area (Å²) in [6.45, 7) is 4.59. The minimum absolute atomic E-state index is 0.110. The number of hydrogen-bond acceptors (Lipinski definition) is 3. The van der Waals surface area contributed by atoms with Gasteiger partial charge in [-0.3, -0.25) is 4.79 Å². The fourth-order valence-corrected chi connectivity index (χ4v) is 3.75. The molecule has 3 nitrogen and oxygen atoms in total. The predicted octanol–water partition coefficient (Wildman–Crippen LogP) is 3.24. The van der Waals surface area contributed by atoms with Crippen molar-refractivity contribution in [2.45, 2.75) is 52.1 Å². The zero-order chi connectivity index (χ0) is 14.5. The Balaban J connectivity index is 1.98. The maximum atomic E-state index is 10.8. The van der Waals surface area contributed by atoms with Crippen LogP contribution in [-0.2, 0) is 9.53 Å². The van der Waals surface area contributed by atoms with E-state index in [1.54, 1.807) is 6.26 Å². The lowest BCUT2D eigenvalue weighted by Crippen LogP contribution is -2.29. The number of ether oxygens (including phenoxy) is 1. The van der Waals surface area contributed by atoms with Gasteiger partial charge in [-0.1, -0.05) is 13.0 Å². The Morgan fingerprint density at radius 1 is 1.35 bits per heavy atom. The Labute approximate surface area is 121 Å². The third kappa shape index (κ3) is 3.72. The number of aliphatic hydroxyl groups is 1. The molecule has 1 aliphatic heterocycles. The molecule has 0 aromatic heterocycles. The average molecular weight is 278 g/mol. The Morgan fingerprint density at radius 2 is 2.10 bits per heavy atom. The summed E-state index contributed by atoms with van der Waals surface area (Å²) in [5, 5.41) is 9.41. The third-order valence-corrected chi connectivity index (χ3v) is 4.67. The first-order valence-electron chi connectivity index (χ1n) is 7.71. The molecule has 1 heterocycles. The smallest absolute Gasteiger partial charge is 0.149 e. The molecule has 112 valence electrons. The van der Waals surface area contributed by atoms with Crippen LogP contribution in [0, 0.1) is 17.8 Å². The van der Waals surface area contributed by atoms with E-state index in [0.717, 1.165) is 37.5 Å². The van der Waals surface area contributed by atoms with Gasteiger partial charge in [0.2, 0.25) is 0 Å². The van der Waals surface area contributed by atoms with E-state index in [0.29, 0.717) is 24.4 Å². The Kier molecular flexibility index (Phi) is 5.41. The molecular formula is C17H26O3. The number of aldehydes is 1. The van der Waals surface area contributed by atoms with Crippen molar-refractivity contribution in [2.75, 3.05) is 6.61 Å². The highest BCUT2D eigenvalue weighted by Crippen LogP contribution is 2.38. The Morgan fingerprint density at radius 3 is 2.75 bits per heavy atom. The van der Waals surface area contributed by atoms with Crippen LogP contribution in [-0.4, -0.2) is 24.1 Å². The molecule has 4 atom stereocenters. The second-order valence-corrected chi connectivity index (χ2v) is 6.44. The van der Waals surface area contributed by atoms with E-state index in [9.17, 15) is 9.90 Å². The molecule has 0 bridgehead atoms. The van der Waals surface area contributed by atoms with Crippen LogP contribution >= 0.6 is 0 Å². The number of aliphatic hydroxyl groups excluding tert-OH is 1. The van der Waals surface area contributed by atoms with Gasteiger partial charge in [-0.15, -0.1) is 0 Å². The summed E-state index contributed by atoms with van der Waals surface area (Å²) in [5.41, 5.74) is 1.94. The van der Waals surface area contributed by atoms with Crippen LogP contribution in [0.5, 0.6) is 0 Å². The van der Waals surface area contributed by atoms with Crippen molar-refractivity contribution in [1.29, 1.82) is 0 Å². The molecule has 0 saturated heterocycles. The molecule has 2 rings (SSSR count). The van der Waals surface area contributed by atoms with E-state index in [2.05, 4.69) is 13.0 Å². The van der Waals surface area contributed by atoms with Gasteiger partial charge in [0.05, 0.1) is 6.26 Å². The highest BCUT2D eigenvalue weighted by atomic mass is 16.5. The average Bonchev–Trinajstić information content (AvgIpc) is 2.47. The summed E-state index contributed by atoms with van der Waals surface area (Å²) in [7, 11) is 0. The molecule has 0 amide bonds. The van der Waals surface area contributed by atoms with Crippen molar-refractivity contribution in [3.63, 3.8) is 0 Å². The van der Waals surface area contributed by atoms with Crippen LogP contribution in [0.25, 0.3) is 0 Å². The Hall–Kier alpha value is -1.09. The maximum Gasteiger partial charge on any atom is 0.149 e. The highest BCUT2D eigenvalue weighted by molar-refractivity contribution is 5.74. The van der Waals surface area contributed by atoms with Gasteiger partial charge in [-0.05, 0) is 55.9 Å². The van der Waals surface area contributed by atoms with Crippen molar-refractivity contribution in [3.05, 3.63) is 23.5 Å². The van der Waals surface area contributed by atoms with Crippen LogP contribution in [0.3, 0.4) is 0 Å². The van der Waals surface area contributed by atoms with Gasteiger partial charge in [0.1, 0.15) is 12.4 Å². The quantitative estimate of drug-likeness (QED) is 0.634. The van der Waals surface area contributed by atoms with E-state index in [1.807, 2.05) is 6.92 Å². The largest absolute Gasteiger partial charge is 0.493 e. The van der Waals surface area contributed by atoms with Crippen molar-refractivity contribution in [3.8, 4) is 0 Å². The van der Waals surface area contributed by atoms with E-state index in [4.69, 9.17) is 4.74 Å². The Bertz CT molecular complexity index is 397. The van der Waals surface area contributed by atoms with Crippen molar-refractivity contribution < 1.29 is 14.6 Å². The van der Waals surface area contributed by atoms with Crippen molar-refractivity contribution in [1.82, 2.24) is 0 Å². The summed E-state index contributed by atoms with van der Waals surface area (Å²) in [6.07, 6.45) is 9.88. The van der Waals surface area contributed by atoms with Crippen LogP contribution in [0.15, 0.2) is 23.5 Å². The molecule has 3 heteroatoms. The van der Waals surface area contributed by atoms with Gasteiger partial charge < -0.3 is 9.84 Å². The van der Waals surface area contributed by atoms with Crippen LogP contribution in [0.2, 0.25) is 0 Å². The predicted molar refractivity (Wildman–Crippen MR) is 79.1 cm³/mol. The maximum absolute atomic E-state index is 10.8. The minimum atomic E-state index is 0.110. The first-order valence-corrected chi connectivity index (χ1v) is 7.71. The fraction of sp³-hybridized carbons (Fsp3) is 0.706. The molecular weight excluding hydrogens is 252 g/mol. The van der Waals surface area contributed by atoms with Gasteiger partial charge in [0.15, 0.2) is 0 Å². The lowest BCUT2D eigenvalue weighted by atomic mass is 9.73. The summed E-state index contributed by atoms with van der Waals surface area (Å²) in [6, 6.07) is 0. The molecule has 2 aliphatic rings. The summed E-state index contributed by atoms with van der Waals surface area (Å²) < 4.78 is 5.77. The van der Waals surface area contributed by atoms with E-state index in [-0.39, 0.29) is 6.10 Å². The van der Waals surface area contributed by atoms with Gasteiger partial charge in [0, 0.05) is 18.6 Å². The second kappa shape index (κ2) is 7.07. The number of carbonyl (C=O) groups is 1. The van der Waals surface area contributed by atoms with Crippen LogP contribution in [0.4, 0.5) is 0 Å². The monoisotopic (exact) mass is 278 g/mol. The number of allylic oxidation sites excluding steroid dienone is 2. The molecule has 0 aromatic rings. The standard InChI is InChI=1S/C17H26O3/c1-3-16-7-15(10-19)11-20-17(16)8-13-4-12(2)5-14(6-13)9-18/h3,10-14,17-18H,4-9H2,1-2H3/b16-3+. The van der Waals surface area contributed by atoms with E-state index in [1.165, 1.54) is 12.0 Å². The lowest BCUT2D eigenvalue weighted by Gasteiger charge is -2.35. The number of carbonyl (C=O) groups excluding carboxylic acids is 1. The molecule has 1 N–H and O–H groups in total. The zero-order valence-electron chi connectivity index (χ0n) is 12.5. The second-order valence-electron chi connectivity index (χ2n) is 6.44. The molecule has 0 spiro atoms. The van der Waals surface area contributed by atoms with Gasteiger partial charge >= 0.3 is 0 Å². The van der Waals surface area contributed by atoms with Gasteiger partial charge in [-0.2, -0.15) is 0 Å². The SMILES string of the molecule is C/C=C1\CC(C=O)=COC1CC1CC(C)CC(CO)C1. The minimum Gasteiger partial charge on any atom is -0.493 e. The first kappa shape index (κ1) is 15.3. The number of rotatable bonds is 4. The van der Waals surface area contributed by atoms with Crippen molar-refractivity contribution >= 4 is 6.29 Å². The molecule has 4 unspecified atom stereocenters.